The number of nitrogens with one attached hydrogen (secondary N) is 1. The van der Waals surface area contributed by atoms with Crippen LogP contribution < -0.4 is 11.1 Å². The summed E-state index contributed by atoms with van der Waals surface area (Å²) in [5.41, 5.74) is 5.75. The molecule has 15 heavy (non-hydrogen) atoms. The second-order valence-electron chi connectivity index (χ2n) is 4.62. The molecule has 1 fully saturated rings. The van der Waals surface area contributed by atoms with Gasteiger partial charge < -0.3 is 15.8 Å². The normalized spacial score (nSPS) is 23.1. The Bertz CT molecular complexity index is 201. The van der Waals surface area contributed by atoms with Crippen molar-refractivity contribution in [1.29, 1.82) is 0 Å². The van der Waals surface area contributed by atoms with Crippen molar-refractivity contribution in [2.45, 2.75) is 45.3 Å². The SMILES string of the molecule is CC(C)C[C@@H](N)C(=O)NC[C@@H]1CCCO1. The number of hydrogen-bond donors (Lipinski definition) is 2. The average molecular weight is 214 g/mol. The first-order valence-corrected chi connectivity index (χ1v) is 5.74. The Morgan fingerprint density at radius 1 is 1.60 bits per heavy atom. The summed E-state index contributed by atoms with van der Waals surface area (Å²) in [5, 5.41) is 2.84. The van der Waals surface area contributed by atoms with Crippen LogP contribution in [0.3, 0.4) is 0 Å². The lowest BCUT2D eigenvalue weighted by Gasteiger charge is -2.16. The third-order valence-electron chi connectivity index (χ3n) is 2.59. The van der Waals surface area contributed by atoms with Crippen molar-refractivity contribution in [3.05, 3.63) is 0 Å². The van der Waals surface area contributed by atoms with Gasteiger partial charge in [0.1, 0.15) is 0 Å². The number of carbonyl (C=O) groups is 1. The summed E-state index contributed by atoms with van der Waals surface area (Å²) in [5.74, 6) is 0.396. The number of rotatable bonds is 5. The van der Waals surface area contributed by atoms with E-state index in [2.05, 4.69) is 19.2 Å². The highest BCUT2D eigenvalue weighted by molar-refractivity contribution is 5.81. The molecule has 1 amide bonds. The van der Waals surface area contributed by atoms with Gasteiger partial charge in [0.2, 0.25) is 5.91 Å². The Kier molecular flexibility index (Phi) is 5.05. The van der Waals surface area contributed by atoms with Gasteiger partial charge in [-0.1, -0.05) is 13.8 Å². The van der Waals surface area contributed by atoms with Gasteiger partial charge in [0.05, 0.1) is 12.1 Å². The third-order valence-corrected chi connectivity index (χ3v) is 2.59. The molecule has 2 atom stereocenters. The highest BCUT2D eigenvalue weighted by Gasteiger charge is 2.19. The zero-order chi connectivity index (χ0) is 11.3. The molecule has 0 aromatic carbocycles. The van der Waals surface area contributed by atoms with E-state index in [4.69, 9.17) is 10.5 Å². The molecule has 1 aliphatic heterocycles. The predicted molar refractivity (Wildman–Crippen MR) is 59.4 cm³/mol. The predicted octanol–water partition coefficient (Wildman–Crippen LogP) is 0.655. The summed E-state index contributed by atoms with van der Waals surface area (Å²) in [4.78, 5) is 11.5. The van der Waals surface area contributed by atoms with Crippen LogP contribution in [0, 0.1) is 5.92 Å². The topological polar surface area (TPSA) is 64.4 Å². The van der Waals surface area contributed by atoms with Crippen LogP contribution in [0.4, 0.5) is 0 Å². The van der Waals surface area contributed by atoms with Crippen LogP contribution in [-0.4, -0.2) is 31.2 Å². The molecule has 0 bridgehead atoms. The van der Waals surface area contributed by atoms with Crippen molar-refractivity contribution in [3.63, 3.8) is 0 Å². The number of hydrogen-bond acceptors (Lipinski definition) is 3. The Hall–Kier alpha value is -0.610. The van der Waals surface area contributed by atoms with E-state index < -0.39 is 0 Å². The lowest BCUT2D eigenvalue weighted by molar-refractivity contribution is -0.123. The third kappa shape index (κ3) is 4.62. The molecular weight excluding hydrogens is 192 g/mol. The molecule has 3 N–H and O–H groups in total. The highest BCUT2D eigenvalue weighted by atomic mass is 16.5. The fourth-order valence-electron chi connectivity index (χ4n) is 1.77. The Morgan fingerprint density at radius 2 is 2.33 bits per heavy atom. The number of amides is 1. The molecule has 4 nitrogen and oxygen atoms in total. The average Bonchev–Trinajstić information content (AvgIpc) is 2.65. The minimum absolute atomic E-state index is 0.0563. The maximum Gasteiger partial charge on any atom is 0.237 e. The molecule has 0 unspecified atom stereocenters. The van der Waals surface area contributed by atoms with Crippen LogP contribution in [0.2, 0.25) is 0 Å². The molecule has 0 saturated carbocycles. The van der Waals surface area contributed by atoms with E-state index in [1.807, 2.05) is 0 Å². The van der Waals surface area contributed by atoms with Gasteiger partial charge in [0.25, 0.3) is 0 Å². The van der Waals surface area contributed by atoms with Gasteiger partial charge in [-0.05, 0) is 25.2 Å². The van der Waals surface area contributed by atoms with E-state index in [1.165, 1.54) is 0 Å². The van der Waals surface area contributed by atoms with Crippen molar-refractivity contribution in [3.8, 4) is 0 Å². The molecule has 0 aliphatic carbocycles. The van der Waals surface area contributed by atoms with Gasteiger partial charge >= 0.3 is 0 Å². The van der Waals surface area contributed by atoms with Crippen molar-refractivity contribution in [2.24, 2.45) is 11.7 Å². The van der Waals surface area contributed by atoms with Crippen molar-refractivity contribution >= 4 is 5.91 Å². The molecule has 1 heterocycles. The fourth-order valence-corrected chi connectivity index (χ4v) is 1.77. The molecule has 0 spiro atoms. The van der Waals surface area contributed by atoms with Gasteiger partial charge in [-0.25, -0.2) is 0 Å². The molecule has 1 rings (SSSR count). The van der Waals surface area contributed by atoms with Gasteiger partial charge in [-0.2, -0.15) is 0 Å². The molecule has 0 radical (unpaired) electrons. The van der Waals surface area contributed by atoms with Crippen molar-refractivity contribution in [1.82, 2.24) is 5.32 Å². The minimum atomic E-state index is -0.383. The van der Waals surface area contributed by atoms with Crippen LogP contribution in [0.25, 0.3) is 0 Å². The lowest BCUT2D eigenvalue weighted by atomic mass is 10.0. The number of carbonyl (C=O) groups excluding carboxylic acids is 1. The van der Waals surface area contributed by atoms with E-state index in [9.17, 15) is 4.79 Å². The molecule has 4 heteroatoms. The van der Waals surface area contributed by atoms with E-state index in [0.29, 0.717) is 12.5 Å². The van der Waals surface area contributed by atoms with Gasteiger partial charge in [0.15, 0.2) is 0 Å². The zero-order valence-electron chi connectivity index (χ0n) is 9.66. The Morgan fingerprint density at radius 3 is 2.87 bits per heavy atom. The summed E-state index contributed by atoms with van der Waals surface area (Å²) in [6, 6.07) is -0.383. The molecular formula is C11H22N2O2. The molecule has 88 valence electrons. The lowest BCUT2D eigenvalue weighted by Crippen LogP contribution is -2.43. The summed E-state index contributed by atoms with van der Waals surface area (Å²) < 4.78 is 5.41. The Labute approximate surface area is 91.5 Å². The van der Waals surface area contributed by atoms with E-state index in [-0.39, 0.29) is 18.1 Å². The highest BCUT2D eigenvalue weighted by Crippen LogP contribution is 2.10. The summed E-state index contributed by atoms with van der Waals surface area (Å²) in [6.07, 6.45) is 3.07. The van der Waals surface area contributed by atoms with Crippen LogP contribution >= 0.6 is 0 Å². The summed E-state index contributed by atoms with van der Waals surface area (Å²) in [6.45, 7) is 5.55. The number of nitrogens with two attached hydrogens (primary N) is 1. The van der Waals surface area contributed by atoms with Crippen molar-refractivity contribution in [2.75, 3.05) is 13.2 Å². The molecule has 0 aromatic heterocycles. The fraction of sp³-hybridized carbons (Fsp3) is 0.909. The van der Waals surface area contributed by atoms with Crippen LogP contribution in [0.5, 0.6) is 0 Å². The first-order valence-electron chi connectivity index (χ1n) is 5.74. The van der Waals surface area contributed by atoms with E-state index in [0.717, 1.165) is 25.9 Å². The Balaban J connectivity index is 2.16. The maximum absolute atomic E-state index is 11.5. The van der Waals surface area contributed by atoms with Crippen LogP contribution in [0.15, 0.2) is 0 Å². The standard InChI is InChI=1S/C11H22N2O2/c1-8(2)6-10(12)11(14)13-7-9-4-3-5-15-9/h8-10H,3-7,12H2,1-2H3,(H,13,14)/t9-,10+/m0/s1. The molecule has 1 aliphatic rings. The second kappa shape index (κ2) is 6.08. The van der Waals surface area contributed by atoms with Gasteiger partial charge in [-0.3, -0.25) is 4.79 Å². The molecule has 1 saturated heterocycles. The largest absolute Gasteiger partial charge is 0.376 e. The van der Waals surface area contributed by atoms with E-state index >= 15 is 0 Å². The first-order chi connectivity index (χ1) is 7.09. The first kappa shape index (κ1) is 12.5. The summed E-state index contributed by atoms with van der Waals surface area (Å²) >= 11 is 0. The van der Waals surface area contributed by atoms with Crippen LogP contribution in [0.1, 0.15) is 33.1 Å². The quantitative estimate of drug-likeness (QED) is 0.706. The van der Waals surface area contributed by atoms with Crippen LogP contribution in [-0.2, 0) is 9.53 Å². The maximum atomic E-state index is 11.5. The smallest absolute Gasteiger partial charge is 0.237 e. The van der Waals surface area contributed by atoms with Gasteiger partial charge in [-0.15, -0.1) is 0 Å². The van der Waals surface area contributed by atoms with E-state index in [1.54, 1.807) is 0 Å². The zero-order valence-corrected chi connectivity index (χ0v) is 9.66. The minimum Gasteiger partial charge on any atom is -0.376 e. The second-order valence-corrected chi connectivity index (χ2v) is 4.62. The molecule has 0 aromatic rings. The van der Waals surface area contributed by atoms with Gasteiger partial charge in [0, 0.05) is 13.2 Å². The number of ether oxygens (including phenoxy) is 1. The summed E-state index contributed by atoms with van der Waals surface area (Å²) in [7, 11) is 0. The van der Waals surface area contributed by atoms with Crippen molar-refractivity contribution < 1.29 is 9.53 Å². The monoisotopic (exact) mass is 214 g/mol.